The van der Waals surface area contributed by atoms with Gasteiger partial charge < -0.3 is 18.9 Å². The fourth-order valence-electron chi connectivity index (χ4n) is 2.08. The number of rotatable bonds is 5. The van der Waals surface area contributed by atoms with E-state index in [1.807, 2.05) is 0 Å². The predicted molar refractivity (Wildman–Crippen MR) is 74.6 cm³/mol. The third-order valence-corrected chi connectivity index (χ3v) is 3.05. The summed E-state index contributed by atoms with van der Waals surface area (Å²) in [5, 5.41) is 0. The van der Waals surface area contributed by atoms with Crippen LogP contribution in [0.5, 0.6) is 17.2 Å². The van der Waals surface area contributed by atoms with E-state index in [-0.39, 0.29) is 12.2 Å². The molecule has 0 saturated carbocycles. The van der Waals surface area contributed by atoms with Crippen LogP contribution in [0.4, 0.5) is 0 Å². The normalized spacial score (nSPS) is 16.1. The van der Waals surface area contributed by atoms with Gasteiger partial charge in [-0.3, -0.25) is 4.79 Å². The minimum absolute atomic E-state index is 0.174. The molecule has 6 heteroatoms. The summed E-state index contributed by atoms with van der Waals surface area (Å²) < 4.78 is 21.0. The molecule has 1 atom stereocenters. The van der Waals surface area contributed by atoms with Gasteiger partial charge in [-0.25, -0.2) is 4.79 Å². The van der Waals surface area contributed by atoms with Gasteiger partial charge in [0.05, 0.1) is 26.4 Å². The molecule has 0 fully saturated rings. The first-order valence-electron chi connectivity index (χ1n) is 6.41. The zero-order chi connectivity index (χ0) is 15.4. The molecule has 2 rings (SSSR count). The number of esters is 1. The maximum absolute atomic E-state index is 11.9. The molecule has 0 unspecified atom stereocenters. The van der Waals surface area contributed by atoms with Crippen molar-refractivity contribution in [2.75, 3.05) is 20.8 Å². The maximum Gasteiger partial charge on any atom is 0.352 e. The lowest BCUT2D eigenvalue weighted by molar-refractivity contribution is -0.150. The van der Waals surface area contributed by atoms with Gasteiger partial charge in [-0.05, 0) is 25.1 Å². The smallest absolute Gasteiger partial charge is 0.352 e. The van der Waals surface area contributed by atoms with Crippen molar-refractivity contribution in [1.29, 1.82) is 0 Å². The highest BCUT2D eigenvalue weighted by Gasteiger charge is 2.33. The van der Waals surface area contributed by atoms with Crippen LogP contribution in [0.1, 0.15) is 12.5 Å². The number of methoxy groups -OCH3 is 2. The zero-order valence-corrected chi connectivity index (χ0v) is 12.0. The van der Waals surface area contributed by atoms with Crippen LogP contribution in [0.3, 0.4) is 0 Å². The molecule has 0 aromatic heterocycles. The second kappa shape index (κ2) is 6.30. The third-order valence-electron chi connectivity index (χ3n) is 3.05. The van der Waals surface area contributed by atoms with E-state index in [1.165, 1.54) is 14.2 Å². The van der Waals surface area contributed by atoms with Crippen molar-refractivity contribution in [1.82, 2.24) is 0 Å². The van der Waals surface area contributed by atoms with E-state index < -0.39 is 12.1 Å². The minimum Gasteiger partial charge on any atom is -0.496 e. The Kier molecular flexibility index (Phi) is 4.47. The Labute approximate surface area is 122 Å². The van der Waals surface area contributed by atoms with Crippen molar-refractivity contribution in [3.63, 3.8) is 0 Å². The van der Waals surface area contributed by atoms with E-state index in [1.54, 1.807) is 25.1 Å². The Morgan fingerprint density at radius 3 is 2.52 bits per heavy atom. The first kappa shape index (κ1) is 14.9. The molecule has 0 N–H and O–H groups in total. The molecule has 1 heterocycles. The summed E-state index contributed by atoms with van der Waals surface area (Å²) in [4.78, 5) is 23.1. The van der Waals surface area contributed by atoms with E-state index in [0.717, 1.165) is 0 Å². The minimum atomic E-state index is -1.10. The molecule has 21 heavy (non-hydrogen) atoms. The highest BCUT2D eigenvalue weighted by Crippen LogP contribution is 2.42. The molecule has 0 amide bonds. The molecule has 6 nitrogen and oxygen atoms in total. The molecule has 1 aromatic carbocycles. The fraction of sp³-hybridized carbons (Fsp3) is 0.333. The third kappa shape index (κ3) is 2.69. The van der Waals surface area contributed by atoms with Gasteiger partial charge in [0.1, 0.15) is 12.0 Å². The van der Waals surface area contributed by atoms with Crippen LogP contribution in [-0.2, 0) is 14.3 Å². The van der Waals surface area contributed by atoms with Crippen molar-refractivity contribution in [2.45, 2.75) is 13.0 Å². The van der Waals surface area contributed by atoms with Crippen LogP contribution in [0.15, 0.2) is 17.7 Å². The number of benzene rings is 1. The summed E-state index contributed by atoms with van der Waals surface area (Å²) in [5.74, 6) is 0.695. The number of hydrogen-bond donors (Lipinski definition) is 0. The van der Waals surface area contributed by atoms with E-state index in [4.69, 9.17) is 18.9 Å². The first-order chi connectivity index (χ1) is 10.2. The molecule has 0 radical (unpaired) electrons. The molecule has 1 aromatic rings. The van der Waals surface area contributed by atoms with Crippen LogP contribution < -0.4 is 14.2 Å². The van der Waals surface area contributed by atoms with Crippen LogP contribution in [0.2, 0.25) is 0 Å². The van der Waals surface area contributed by atoms with Crippen LogP contribution in [0, 0.1) is 0 Å². The second-order valence-corrected chi connectivity index (χ2v) is 4.23. The molecule has 0 bridgehead atoms. The first-order valence-corrected chi connectivity index (χ1v) is 6.41. The summed E-state index contributed by atoms with van der Waals surface area (Å²) in [5.41, 5.74) is 0.729. The zero-order valence-electron chi connectivity index (χ0n) is 12.0. The highest BCUT2D eigenvalue weighted by atomic mass is 16.6. The molecule has 1 aliphatic heterocycles. The van der Waals surface area contributed by atoms with E-state index >= 15 is 0 Å². The molecule has 0 saturated heterocycles. The fourth-order valence-corrected chi connectivity index (χ4v) is 2.08. The van der Waals surface area contributed by atoms with Gasteiger partial charge in [0.15, 0.2) is 11.5 Å². The number of carbonyl (C=O) groups excluding carboxylic acids is 2. The summed E-state index contributed by atoms with van der Waals surface area (Å²) in [6.07, 6.45) is 1.02. The monoisotopic (exact) mass is 292 g/mol. The van der Waals surface area contributed by atoms with E-state index in [0.29, 0.717) is 29.1 Å². The lowest BCUT2D eigenvalue weighted by Crippen LogP contribution is -2.34. The quantitative estimate of drug-likeness (QED) is 0.606. The van der Waals surface area contributed by atoms with Crippen LogP contribution in [0.25, 0.3) is 6.08 Å². The maximum atomic E-state index is 11.9. The SMILES string of the molecule is CCOC(=O)[C@H]1Oc2c(OC)ccc(OC)c2C=C1C=O. The van der Waals surface area contributed by atoms with E-state index in [2.05, 4.69) is 0 Å². The van der Waals surface area contributed by atoms with Crippen molar-refractivity contribution in [3.8, 4) is 17.2 Å². The number of ether oxygens (including phenoxy) is 4. The Morgan fingerprint density at radius 1 is 1.29 bits per heavy atom. The largest absolute Gasteiger partial charge is 0.496 e. The van der Waals surface area contributed by atoms with Gasteiger partial charge in [-0.2, -0.15) is 0 Å². The molecule has 112 valence electrons. The summed E-state index contributed by atoms with van der Waals surface area (Å²) in [6, 6.07) is 3.37. The summed E-state index contributed by atoms with van der Waals surface area (Å²) in [7, 11) is 3.00. The van der Waals surface area contributed by atoms with Gasteiger partial charge in [0.2, 0.25) is 6.10 Å². The molecular formula is C15H16O6. The molecular weight excluding hydrogens is 276 g/mol. The molecule has 0 spiro atoms. The van der Waals surface area contributed by atoms with Crippen LogP contribution in [-0.4, -0.2) is 39.2 Å². The van der Waals surface area contributed by atoms with Crippen LogP contribution >= 0.6 is 0 Å². The Morgan fingerprint density at radius 2 is 1.95 bits per heavy atom. The lowest BCUT2D eigenvalue weighted by atomic mass is 10.0. The number of carbonyl (C=O) groups is 2. The Hall–Kier alpha value is -2.50. The Bertz CT molecular complexity index is 590. The van der Waals surface area contributed by atoms with Crippen molar-refractivity contribution < 1.29 is 28.5 Å². The summed E-state index contributed by atoms with van der Waals surface area (Å²) in [6.45, 7) is 1.88. The van der Waals surface area contributed by atoms with Gasteiger partial charge in [-0.1, -0.05) is 0 Å². The van der Waals surface area contributed by atoms with Gasteiger partial charge in [0.25, 0.3) is 0 Å². The number of fused-ring (bicyclic) bond motifs is 1. The standard InChI is InChI=1S/C15H16O6/c1-4-20-15(17)13-9(8-16)7-10-11(18-2)5-6-12(19-3)14(10)21-13/h5-8,13H,4H2,1-3H3/t13-/m0/s1. The highest BCUT2D eigenvalue weighted by molar-refractivity contribution is 5.96. The molecule has 0 aliphatic carbocycles. The van der Waals surface area contributed by atoms with E-state index in [9.17, 15) is 9.59 Å². The van der Waals surface area contributed by atoms with Crippen molar-refractivity contribution in [3.05, 3.63) is 23.3 Å². The lowest BCUT2D eigenvalue weighted by Gasteiger charge is -2.25. The van der Waals surface area contributed by atoms with Crippen molar-refractivity contribution in [2.24, 2.45) is 0 Å². The Balaban J connectivity index is 2.53. The topological polar surface area (TPSA) is 71.1 Å². The predicted octanol–water partition coefficient (Wildman–Crippen LogP) is 1.61. The van der Waals surface area contributed by atoms with Gasteiger partial charge in [0, 0.05) is 5.57 Å². The number of hydrogen-bond acceptors (Lipinski definition) is 6. The average Bonchev–Trinajstić information content (AvgIpc) is 2.52. The van der Waals surface area contributed by atoms with Gasteiger partial charge >= 0.3 is 5.97 Å². The average molecular weight is 292 g/mol. The van der Waals surface area contributed by atoms with Gasteiger partial charge in [-0.15, -0.1) is 0 Å². The summed E-state index contributed by atoms with van der Waals surface area (Å²) >= 11 is 0. The second-order valence-electron chi connectivity index (χ2n) is 4.23. The number of aldehydes is 1. The van der Waals surface area contributed by atoms with Crippen molar-refractivity contribution >= 4 is 18.3 Å². The molecule has 1 aliphatic rings.